The lowest BCUT2D eigenvalue weighted by atomic mass is 9.93. The van der Waals surface area contributed by atoms with Gasteiger partial charge in [0.25, 0.3) is 5.91 Å². The highest BCUT2D eigenvalue weighted by atomic mass is 32.1. The maximum Gasteiger partial charge on any atom is 0.326 e. The molecule has 2 atom stereocenters. The van der Waals surface area contributed by atoms with Gasteiger partial charge in [0.1, 0.15) is 15.9 Å². The highest BCUT2D eigenvalue weighted by Gasteiger charge is 2.32. The molecule has 0 aliphatic carbocycles. The number of thiazole rings is 1. The molecule has 0 saturated carbocycles. The van der Waals surface area contributed by atoms with E-state index in [1.807, 2.05) is 17.5 Å². The lowest BCUT2D eigenvalue weighted by molar-refractivity contribution is -0.142. The zero-order valence-corrected chi connectivity index (χ0v) is 14.8. The lowest BCUT2D eigenvalue weighted by Crippen LogP contribution is -2.48. The van der Waals surface area contributed by atoms with Gasteiger partial charge in [-0.2, -0.15) is 0 Å². The fraction of sp³-hybridized carbons (Fsp3) is 0.438. The first kappa shape index (κ1) is 17.1. The van der Waals surface area contributed by atoms with Gasteiger partial charge in [-0.05, 0) is 31.2 Å². The van der Waals surface area contributed by atoms with Crippen LogP contribution in [0.25, 0.3) is 9.88 Å². The van der Waals surface area contributed by atoms with Crippen molar-refractivity contribution in [1.82, 2.24) is 10.3 Å². The minimum absolute atomic E-state index is 0.204. The zero-order valence-electron chi connectivity index (χ0n) is 13.2. The largest absolute Gasteiger partial charge is 0.480 e. The molecule has 0 aromatic carbocycles. The quantitative estimate of drug-likeness (QED) is 0.849. The molecule has 8 heteroatoms. The molecule has 1 aliphatic rings. The number of ether oxygens (including phenoxy) is 1. The smallest absolute Gasteiger partial charge is 0.326 e. The predicted molar refractivity (Wildman–Crippen MR) is 92.6 cm³/mol. The first-order chi connectivity index (χ1) is 11.6. The second-order valence-electron chi connectivity index (χ2n) is 5.68. The van der Waals surface area contributed by atoms with E-state index in [1.54, 1.807) is 18.3 Å². The van der Waals surface area contributed by atoms with Gasteiger partial charge < -0.3 is 15.2 Å². The minimum atomic E-state index is -1.03. The van der Waals surface area contributed by atoms with Crippen molar-refractivity contribution in [3.05, 3.63) is 28.1 Å². The number of hydrogen-bond donors (Lipinski definition) is 2. The molecule has 3 rings (SSSR count). The molecule has 0 radical (unpaired) electrons. The molecular formula is C16H18N2O4S2. The van der Waals surface area contributed by atoms with Crippen molar-refractivity contribution in [3.63, 3.8) is 0 Å². The highest BCUT2D eigenvalue weighted by molar-refractivity contribution is 7.22. The van der Waals surface area contributed by atoms with E-state index in [9.17, 15) is 14.7 Å². The van der Waals surface area contributed by atoms with Crippen LogP contribution >= 0.6 is 22.7 Å². The number of carboxylic acid groups (broad SMARTS) is 1. The minimum Gasteiger partial charge on any atom is -0.480 e. The number of amides is 1. The van der Waals surface area contributed by atoms with Crippen LogP contribution in [0.3, 0.4) is 0 Å². The molecule has 1 fully saturated rings. The summed E-state index contributed by atoms with van der Waals surface area (Å²) in [4.78, 5) is 30.0. The van der Waals surface area contributed by atoms with Gasteiger partial charge in [0.15, 0.2) is 0 Å². The van der Waals surface area contributed by atoms with Crippen molar-refractivity contribution in [2.24, 2.45) is 5.92 Å². The molecule has 6 nitrogen and oxygen atoms in total. The molecule has 2 aromatic rings. The Labute approximate surface area is 147 Å². The Bertz CT molecular complexity index is 721. The third kappa shape index (κ3) is 3.66. The number of aliphatic carboxylic acids is 1. The Hall–Kier alpha value is -1.77. The van der Waals surface area contributed by atoms with E-state index >= 15 is 0 Å². The van der Waals surface area contributed by atoms with E-state index < -0.39 is 12.0 Å². The number of nitrogens with zero attached hydrogens (tertiary/aromatic N) is 1. The number of aryl methyl sites for hydroxylation is 1. The summed E-state index contributed by atoms with van der Waals surface area (Å²) in [6, 6.07) is 2.94. The Morgan fingerprint density at radius 3 is 2.96 bits per heavy atom. The number of carbonyl (C=O) groups is 2. The van der Waals surface area contributed by atoms with E-state index in [1.165, 1.54) is 11.3 Å². The number of thiophene rings is 1. The normalized spacial score (nSPS) is 19.0. The summed E-state index contributed by atoms with van der Waals surface area (Å²) in [5.74, 6) is -1.62. The summed E-state index contributed by atoms with van der Waals surface area (Å²) in [7, 11) is 0. The lowest BCUT2D eigenvalue weighted by Gasteiger charge is -2.27. The van der Waals surface area contributed by atoms with Crippen LogP contribution < -0.4 is 5.32 Å². The Morgan fingerprint density at radius 1 is 1.50 bits per heavy atom. The maximum atomic E-state index is 12.6. The van der Waals surface area contributed by atoms with Gasteiger partial charge in [0.2, 0.25) is 0 Å². The number of nitrogens with one attached hydrogen (secondary N) is 1. The molecule has 2 N–H and O–H groups in total. The zero-order chi connectivity index (χ0) is 17.1. The SMILES string of the molecule is Cc1nc(-c2cccs2)sc1C(=O)NC(C(=O)O)C1CCCOC1. The molecule has 0 spiro atoms. The van der Waals surface area contributed by atoms with Crippen LogP contribution in [0.1, 0.15) is 28.2 Å². The Morgan fingerprint density at radius 2 is 2.33 bits per heavy atom. The highest BCUT2D eigenvalue weighted by Crippen LogP contribution is 2.31. The third-order valence-electron chi connectivity index (χ3n) is 3.95. The van der Waals surface area contributed by atoms with Gasteiger partial charge in [0.05, 0.1) is 17.2 Å². The average Bonchev–Trinajstić information content (AvgIpc) is 3.22. The summed E-state index contributed by atoms with van der Waals surface area (Å²) in [6.45, 7) is 2.77. The molecule has 2 unspecified atom stereocenters. The number of aromatic nitrogens is 1. The van der Waals surface area contributed by atoms with Gasteiger partial charge in [-0.15, -0.1) is 22.7 Å². The maximum absolute atomic E-state index is 12.6. The number of carboxylic acids is 1. The predicted octanol–water partition coefficient (Wildman–Crippen LogP) is 2.79. The molecule has 1 amide bonds. The van der Waals surface area contributed by atoms with Gasteiger partial charge in [-0.25, -0.2) is 9.78 Å². The van der Waals surface area contributed by atoms with Crippen LogP contribution in [0.4, 0.5) is 0 Å². The van der Waals surface area contributed by atoms with Crippen molar-refractivity contribution in [1.29, 1.82) is 0 Å². The van der Waals surface area contributed by atoms with Crippen LogP contribution in [0.2, 0.25) is 0 Å². The molecule has 1 saturated heterocycles. The van der Waals surface area contributed by atoms with E-state index in [0.29, 0.717) is 23.8 Å². The van der Waals surface area contributed by atoms with Crippen molar-refractivity contribution >= 4 is 34.6 Å². The van der Waals surface area contributed by atoms with Crippen molar-refractivity contribution in [3.8, 4) is 9.88 Å². The van der Waals surface area contributed by atoms with E-state index in [0.717, 1.165) is 22.7 Å². The average molecular weight is 366 g/mol. The fourth-order valence-electron chi connectivity index (χ4n) is 2.73. The number of hydrogen-bond acceptors (Lipinski definition) is 6. The monoisotopic (exact) mass is 366 g/mol. The molecule has 2 aromatic heterocycles. The standard InChI is InChI=1S/C16H18N2O4S2/c1-9-13(24-15(17-9)11-5-3-7-23-11)14(19)18-12(16(20)21)10-4-2-6-22-8-10/h3,5,7,10,12H,2,4,6,8H2,1H3,(H,18,19)(H,20,21). The summed E-state index contributed by atoms with van der Waals surface area (Å²) < 4.78 is 5.35. The summed E-state index contributed by atoms with van der Waals surface area (Å²) >= 11 is 2.85. The summed E-state index contributed by atoms with van der Waals surface area (Å²) in [6.07, 6.45) is 1.55. The molecule has 1 aliphatic heterocycles. The fourth-order valence-corrected chi connectivity index (χ4v) is 4.50. The van der Waals surface area contributed by atoms with Crippen LogP contribution in [-0.2, 0) is 9.53 Å². The van der Waals surface area contributed by atoms with E-state index in [4.69, 9.17) is 4.74 Å². The van der Waals surface area contributed by atoms with Crippen LogP contribution in [0.5, 0.6) is 0 Å². The molecular weight excluding hydrogens is 348 g/mol. The van der Waals surface area contributed by atoms with Gasteiger partial charge in [-0.3, -0.25) is 4.79 Å². The van der Waals surface area contributed by atoms with Gasteiger partial charge in [-0.1, -0.05) is 6.07 Å². The molecule has 128 valence electrons. The Kier molecular flexibility index (Phi) is 5.27. The molecule has 3 heterocycles. The van der Waals surface area contributed by atoms with Crippen LogP contribution in [-0.4, -0.2) is 41.2 Å². The second-order valence-corrected chi connectivity index (χ2v) is 7.62. The van der Waals surface area contributed by atoms with Gasteiger partial charge in [0, 0.05) is 12.5 Å². The summed E-state index contributed by atoms with van der Waals surface area (Å²) in [5.41, 5.74) is 0.616. The number of rotatable bonds is 5. The molecule has 24 heavy (non-hydrogen) atoms. The van der Waals surface area contributed by atoms with Crippen molar-refractivity contribution < 1.29 is 19.4 Å². The van der Waals surface area contributed by atoms with E-state index in [-0.39, 0.29) is 11.8 Å². The van der Waals surface area contributed by atoms with E-state index in [2.05, 4.69) is 10.3 Å². The van der Waals surface area contributed by atoms with Crippen LogP contribution in [0.15, 0.2) is 17.5 Å². The van der Waals surface area contributed by atoms with Gasteiger partial charge >= 0.3 is 5.97 Å². The van der Waals surface area contributed by atoms with Crippen molar-refractivity contribution in [2.75, 3.05) is 13.2 Å². The molecule has 0 bridgehead atoms. The number of carbonyl (C=O) groups excluding carboxylic acids is 1. The third-order valence-corrected chi connectivity index (χ3v) is 6.15. The summed E-state index contributed by atoms with van der Waals surface area (Å²) in [5, 5.41) is 14.9. The van der Waals surface area contributed by atoms with Crippen LogP contribution in [0, 0.1) is 12.8 Å². The Balaban J connectivity index is 1.76. The van der Waals surface area contributed by atoms with Crippen molar-refractivity contribution in [2.45, 2.75) is 25.8 Å². The first-order valence-electron chi connectivity index (χ1n) is 7.69. The topological polar surface area (TPSA) is 88.5 Å². The first-order valence-corrected chi connectivity index (χ1v) is 9.38. The second kappa shape index (κ2) is 7.42.